The maximum atomic E-state index is 12.5. The largest absolute Gasteiger partial charge is 0.497 e. The third-order valence-electron chi connectivity index (χ3n) is 2.82. The second-order valence-electron chi connectivity index (χ2n) is 4.15. The predicted molar refractivity (Wildman–Crippen MR) is 68.2 cm³/mol. The fraction of sp³-hybridized carbons (Fsp3) is 0.143. The van der Waals surface area contributed by atoms with Crippen molar-refractivity contribution in [2.45, 2.75) is 6.18 Å². The Morgan fingerprint density at radius 1 is 1.24 bits per heavy atom. The van der Waals surface area contributed by atoms with Crippen molar-refractivity contribution in [2.75, 3.05) is 7.11 Å². The molecule has 0 saturated heterocycles. The van der Waals surface area contributed by atoms with Crippen LogP contribution in [0.15, 0.2) is 36.5 Å². The van der Waals surface area contributed by atoms with Crippen LogP contribution in [0.2, 0.25) is 0 Å². The number of pyridine rings is 1. The fourth-order valence-electron chi connectivity index (χ4n) is 1.80. The molecule has 2 rings (SSSR count). The molecule has 0 bridgehead atoms. The quantitative estimate of drug-likeness (QED) is 0.942. The zero-order chi connectivity index (χ0) is 15.6. The van der Waals surface area contributed by atoms with Gasteiger partial charge in [0, 0.05) is 17.3 Å². The molecule has 0 atom stereocenters. The third-order valence-corrected chi connectivity index (χ3v) is 2.82. The van der Waals surface area contributed by atoms with Gasteiger partial charge in [-0.15, -0.1) is 0 Å². The number of nitrogens with zero attached hydrogens (tertiary/aromatic N) is 1. The van der Waals surface area contributed by atoms with Gasteiger partial charge in [0.1, 0.15) is 11.4 Å². The Hall–Kier alpha value is -2.57. The van der Waals surface area contributed by atoms with Crippen molar-refractivity contribution < 1.29 is 27.8 Å². The minimum Gasteiger partial charge on any atom is -0.497 e. The molecule has 0 radical (unpaired) electrons. The number of aromatic carboxylic acids is 1. The first-order valence-electron chi connectivity index (χ1n) is 5.78. The van der Waals surface area contributed by atoms with Crippen LogP contribution < -0.4 is 4.74 Å². The van der Waals surface area contributed by atoms with E-state index < -0.39 is 17.8 Å². The summed E-state index contributed by atoms with van der Waals surface area (Å²) in [4.78, 5) is 14.5. The molecular weight excluding hydrogens is 287 g/mol. The Morgan fingerprint density at radius 3 is 2.43 bits per heavy atom. The summed E-state index contributed by atoms with van der Waals surface area (Å²) in [5.74, 6) is -0.789. The van der Waals surface area contributed by atoms with Crippen molar-refractivity contribution >= 4 is 5.97 Å². The molecule has 4 nitrogen and oxygen atoms in total. The van der Waals surface area contributed by atoms with Crippen molar-refractivity contribution in [1.29, 1.82) is 0 Å². The van der Waals surface area contributed by atoms with Crippen LogP contribution in [-0.2, 0) is 6.18 Å². The molecular formula is C14H10F3NO3. The topological polar surface area (TPSA) is 59.4 Å². The average Bonchev–Trinajstić information content (AvgIpc) is 2.45. The zero-order valence-electron chi connectivity index (χ0n) is 10.8. The van der Waals surface area contributed by atoms with Crippen LogP contribution in [0.4, 0.5) is 13.2 Å². The number of aromatic nitrogens is 1. The van der Waals surface area contributed by atoms with E-state index in [1.54, 1.807) is 0 Å². The van der Waals surface area contributed by atoms with Gasteiger partial charge in [0.25, 0.3) is 0 Å². The molecule has 7 heteroatoms. The molecule has 0 aliphatic rings. The highest BCUT2D eigenvalue weighted by molar-refractivity contribution is 5.96. The molecule has 1 heterocycles. The van der Waals surface area contributed by atoms with Crippen LogP contribution in [0.3, 0.4) is 0 Å². The van der Waals surface area contributed by atoms with Gasteiger partial charge < -0.3 is 9.84 Å². The van der Waals surface area contributed by atoms with Gasteiger partial charge in [-0.3, -0.25) is 4.98 Å². The molecule has 1 aromatic carbocycles. The van der Waals surface area contributed by atoms with Crippen LogP contribution in [-0.4, -0.2) is 23.2 Å². The second-order valence-corrected chi connectivity index (χ2v) is 4.15. The van der Waals surface area contributed by atoms with Gasteiger partial charge in [-0.25, -0.2) is 4.79 Å². The van der Waals surface area contributed by atoms with E-state index in [0.29, 0.717) is 5.75 Å². The molecule has 0 aliphatic heterocycles. The molecule has 1 aromatic heterocycles. The van der Waals surface area contributed by atoms with Crippen molar-refractivity contribution in [2.24, 2.45) is 0 Å². The number of carbonyl (C=O) groups is 1. The van der Waals surface area contributed by atoms with Gasteiger partial charge in [-0.2, -0.15) is 13.2 Å². The third kappa shape index (κ3) is 3.13. The molecule has 0 aliphatic carbocycles. The van der Waals surface area contributed by atoms with Gasteiger partial charge in [-0.1, -0.05) is 6.07 Å². The van der Waals surface area contributed by atoms with Gasteiger partial charge in [0.15, 0.2) is 0 Å². The molecule has 0 amide bonds. The van der Waals surface area contributed by atoms with Crippen LogP contribution in [0.5, 0.6) is 5.75 Å². The number of rotatable bonds is 3. The first-order chi connectivity index (χ1) is 9.82. The van der Waals surface area contributed by atoms with Gasteiger partial charge in [0.05, 0.1) is 12.7 Å². The number of carboxylic acids is 1. The van der Waals surface area contributed by atoms with Crippen LogP contribution in [0.25, 0.3) is 11.1 Å². The lowest BCUT2D eigenvalue weighted by molar-refractivity contribution is -0.141. The summed E-state index contributed by atoms with van der Waals surface area (Å²) in [6.07, 6.45) is -3.55. The molecule has 2 aromatic rings. The highest BCUT2D eigenvalue weighted by atomic mass is 19.4. The number of benzene rings is 1. The summed E-state index contributed by atoms with van der Waals surface area (Å²) < 4.78 is 42.4. The SMILES string of the molecule is COc1ccc(C(=O)O)c(-c2ccc(C(F)(F)F)nc2)c1. The Balaban J connectivity index is 2.52. The van der Waals surface area contributed by atoms with Crippen molar-refractivity contribution in [1.82, 2.24) is 4.98 Å². The highest BCUT2D eigenvalue weighted by Gasteiger charge is 2.32. The molecule has 0 fully saturated rings. The number of halogens is 3. The summed E-state index contributed by atoms with van der Waals surface area (Å²) in [6.45, 7) is 0. The van der Waals surface area contributed by atoms with Gasteiger partial charge >= 0.3 is 12.1 Å². The maximum Gasteiger partial charge on any atom is 0.433 e. The first kappa shape index (κ1) is 14.8. The summed E-state index contributed by atoms with van der Waals surface area (Å²) in [5, 5.41) is 9.13. The Labute approximate surface area is 117 Å². The van der Waals surface area contributed by atoms with E-state index in [9.17, 15) is 18.0 Å². The molecule has 0 spiro atoms. The Bertz CT molecular complexity index is 666. The number of alkyl halides is 3. The first-order valence-corrected chi connectivity index (χ1v) is 5.78. The molecule has 21 heavy (non-hydrogen) atoms. The Morgan fingerprint density at radius 2 is 1.95 bits per heavy atom. The summed E-state index contributed by atoms with van der Waals surface area (Å²) in [7, 11) is 1.41. The lowest BCUT2D eigenvalue weighted by Crippen LogP contribution is -2.07. The van der Waals surface area contributed by atoms with E-state index in [-0.39, 0.29) is 16.7 Å². The molecule has 0 unspecified atom stereocenters. The fourth-order valence-corrected chi connectivity index (χ4v) is 1.80. The minimum atomic E-state index is -4.54. The lowest BCUT2D eigenvalue weighted by Gasteiger charge is -2.10. The number of hydrogen-bond acceptors (Lipinski definition) is 3. The average molecular weight is 297 g/mol. The molecule has 1 N–H and O–H groups in total. The summed E-state index contributed by atoms with van der Waals surface area (Å²) >= 11 is 0. The van der Waals surface area contributed by atoms with E-state index in [1.807, 2.05) is 0 Å². The van der Waals surface area contributed by atoms with Crippen LogP contribution in [0.1, 0.15) is 16.1 Å². The predicted octanol–water partition coefficient (Wildman–Crippen LogP) is 3.47. The molecule has 110 valence electrons. The second kappa shape index (κ2) is 5.43. The van der Waals surface area contributed by atoms with Crippen molar-refractivity contribution in [3.8, 4) is 16.9 Å². The van der Waals surface area contributed by atoms with E-state index in [0.717, 1.165) is 12.3 Å². The standard InChI is InChI=1S/C14H10F3NO3/c1-21-9-3-4-10(13(19)20)11(6-9)8-2-5-12(18-7-8)14(15,16)17/h2-7H,1H3,(H,19,20). The number of ether oxygens (including phenoxy) is 1. The summed E-state index contributed by atoms with van der Waals surface area (Å²) in [6, 6.07) is 6.21. The van der Waals surface area contributed by atoms with E-state index in [4.69, 9.17) is 9.84 Å². The maximum absolute atomic E-state index is 12.5. The number of methoxy groups -OCH3 is 1. The molecule has 0 saturated carbocycles. The van der Waals surface area contributed by atoms with E-state index in [1.165, 1.54) is 31.4 Å². The van der Waals surface area contributed by atoms with Crippen LogP contribution >= 0.6 is 0 Å². The van der Waals surface area contributed by atoms with E-state index in [2.05, 4.69) is 4.98 Å². The van der Waals surface area contributed by atoms with Gasteiger partial charge in [0.2, 0.25) is 0 Å². The minimum absolute atomic E-state index is 0.0441. The van der Waals surface area contributed by atoms with E-state index >= 15 is 0 Å². The van der Waals surface area contributed by atoms with Gasteiger partial charge in [-0.05, 0) is 24.3 Å². The lowest BCUT2D eigenvalue weighted by atomic mass is 10.0. The normalized spacial score (nSPS) is 11.2. The summed E-state index contributed by atoms with van der Waals surface area (Å²) in [5.41, 5.74) is -0.578. The van der Waals surface area contributed by atoms with Crippen molar-refractivity contribution in [3.05, 3.63) is 47.8 Å². The number of carboxylic acid groups (broad SMARTS) is 1. The van der Waals surface area contributed by atoms with Crippen LogP contribution in [0, 0.1) is 0 Å². The highest BCUT2D eigenvalue weighted by Crippen LogP contribution is 2.31. The Kier molecular flexibility index (Phi) is 3.84. The zero-order valence-corrected chi connectivity index (χ0v) is 10.8. The smallest absolute Gasteiger partial charge is 0.433 e. The monoisotopic (exact) mass is 297 g/mol. The number of hydrogen-bond donors (Lipinski definition) is 1. The van der Waals surface area contributed by atoms with Crippen molar-refractivity contribution in [3.63, 3.8) is 0 Å².